The van der Waals surface area contributed by atoms with Crippen LogP contribution in [-0.2, 0) is 4.74 Å². The number of carbonyl (C=O) groups excluding carboxylic acids is 1. The van der Waals surface area contributed by atoms with Crippen molar-refractivity contribution in [3.63, 3.8) is 0 Å². The molecule has 0 unspecified atom stereocenters. The number of aromatic amines is 2. The number of aryl methyl sites for hydroxylation is 1. The van der Waals surface area contributed by atoms with Gasteiger partial charge in [-0.3, -0.25) is 10.1 Å². The van der Waals surface area contributed by atoms with Crippen LogP contribution in [0.2, 0.25) is 0 Å². The van der Waals surface area contributed by atoms with E-state index in [0.717, 1.165) is 22.0 Å². The molecule has 4 aromatic rings. The number of amides is 1. The lowest BCUT2D eigenvalue weighted by atomic mass is 10.0. The Kier molecular flexibility index (Phi) is 3.65. The number of hydrogen-bond donors (Lipinski definition) is 3. The summed E-state index contributed by atoms with van der Waals surface area (Å²) < 4.78 is 4.56. The molecular weight excluding hydrogens is 334 g/mol. The number of anilines is 1. The molecule has 1 amide bonds. The third-order valence-corrected chi connectivity index (χ3v) is 4.11. The van der Waals surface area contributed by atoms with Crippen molar-refractivity contribution in [3.8, 4) is 11.3 Å². The van der Waals surface area contributed by atoms with Crippen molar-refractivity contribution in [3.05, 3.63) is 52.3 Å². The number of carbonyl (C=O) groups is 1. The highest BCUT2D eigenvalue weighted by Crippen LogP contribution is 2.27. The summed E-state index contributed by atoms with van der Waals surface area (Å²) in [6, 6.07) is 11.2. The summed E-state index contributed by atoms with van der Waals surface area (Å²) >= 11 is 0. The van der Waals surface area contributed by atoms with Crippen molar-refractivity contribution in [2.24, 2.45) is 0 Å². The zero-order valence-corrected chi connectivity index (χ0v) is 14.1. The molecule has 0 saturated carbocycles. The quantitative estimate of drug-likeness (QED) is 0.515. The average Bonchev–Trinajstić information content (AvgIpc) is 3.03. The summed E-state index contributed by atoms with van der Waals surface area (Å²) in [7, 11) is 1.28. The van der Waals surface area contributed by atoms with Crippen LogP contribution in [0.4, 0.5) is 10.7 Å². The number of H-pyrrole nitrogens is 2. The largest absolute Gasteiger partial charge is 0.453 e. The van der Waals surface area contributed by atoms with Gasteiger partial charge in [0.1, 0.15) is 0 Å². The standard InChI is InChI=1S/C18H15N5O3/c1-9-3-5-11-12(7-9)15(22-23-16(11)24)10-4-6-13-14(8-10)20-17(19-13)21-18(25)26-2/h3-8H,1-2H3,(H,23,24)(H2,19,20,21,25). The highest BCUT2D eigenvalue weighted by Gasteiger charge is 2.12. The van der Waals surface area contributed by atoms with Crippen molar-refractivity contribution in [1.29, 1.82) is 0 Å². The van der Waals surface area contributed by atoms with Gasteiger partial charge in [0.25, 0.3) is 5.56 Å². The van der Waals surface area contributed by atoms with Gasteiger partial charge in [-0.1, -0.05) is 17.7 Å². The highest BCUT2D eigenvalue weighted by atomic mass is 16.5. The van der Waals surface area contributed by atoms with E-state index in [1.807, 2.05) is 37.3 Å². The lowest BCUT2D eigenvalue weighted by Crippen LogP contribution is -2.11. The zero-order valence-electron chi connectivity index (χ0n) is 14.1. The number of aromatic nitrogens is 4. The maximum absolute atomic E-state index is 12.0. The Hall–Kier alpha value is -3.68. The molecule has 2 aromatic heterocycles. The number of ether oxygens (including phenoxy) is 1. The fraction of sp³-hybridized carbons (Fsp3) is 0.111. The smallest absolute Gasteiger partial charge is 0.413 e. The molecule has 0 aliphatic carbocycles. The van der Waals surface area contributed by atoms with Gasteiger partial charge in [0.05, 0.1) is 29.2 Å². The van der Waals surface area contributed by atoms with Crippen LogP contribution in [-0.4, -0.2) is 33.4 Å². The Labute approximate surface area is 147 Å². The fourth-order valence-corrected chi connectivity index (χ4v) is 2.86. The first-order valence-electron chi connectivity index (χ1n) is 7.89. The van der Waals surface area contributed by atoms with E-state index in [4.69, 9.17) is 0 Å². The van der Waals surface area contributed by atoms with Gasteiger partial charge in [-0.05, 0) is 31.2 Å². The Morgan fingerprint density at radius 2 is 2.00 bits per heavy atom. The molecule has 8 heteroatoms. The maximum atomic E-state index is 12.0. The van der Waals surface area contributed by atoms with Crippen LogP contribution >= 0.6 is 0 Å². The van der Waals surface area contributed by atoms with E-state index in [1.54, 1.807) is 6.07 Å². The third kappa shape index (κ3) is 2.67. The lowest BCUT2D eigenvalue weighted by Gasteiger charge is -2.06. The monoisotopic (exact) mass is 349 g/mol. The molecule has 8 nitrogen and oxygen atoms in total. The first kappa shape index (κ1) is 15.8. The van der Waals surface area contributed by atoms with Crippen LogP contribution in [0.5, 0.6) is 0 Å². The second-order valence-corrected chi connectivity index (χ2v) is 5.88. The maximum Gasteiger partial charge on any atom is 0.413 e. The van der Waals surface area contributed by atoms with Gasteiger partial charge in [-0.25, -0.2) is 14.9 Å². The number of hydrogen-bond acceptors (Lipinski definition) is 5. The van der Waals surface area contributed by atoms with E-state index >= 15 is 0 Å². The predicted octanol–water partition coefficient (Wildman–Crippen LogP) is 2.95. The van der Waals surface area contributed by atoms with E-state index in [2.05, 4.69) is 30.2 Å². The molecule has 0 fully saturated rings. The topological polar surface area (TPSA) is 113 Å². The minimum Gasteiger partial charge on any atom is -0.453 e. The van der Waals surface area contributed by atoms with Crippen molar-refractivity contribution in [2.75, 3.05) is 12.4 Å². The van der Waals surface area contributed by atoms with Gasteiger partial charge in [0.15, 0.2) is 0 Å². The molecule has 0 atom stereocenters. The summed E-state index contributed by atoms with van der Waals surface area (Å²) in [5, 5.41) is 10.6. The minimum atomic E-state index is -0.604. The molecule has 2 heterocycles. The molecule has 26 heavy (non-hydrogen) atoms. The number of methoxy groups -OCH3 is 1. The highest BCUT2D eigenvalue weighted by molar-refractivity contribution is 5.96. The Bertz CT molecular complexity index is 1210. The molecule has 130 valence electrons. The molecule has 0 aliphatic rings. The first-order valence-corrected chi connectivity index (χ1v) is 7.89. The van der Waals surface area contributed by atoms with Crippen molar-refractivity contribution in [2.45, 2.75) is 6.92 Å². The van der Waals surface area contributed by atoms with Crippen LogP contribution in [0, 0.1) is 6.92 Å². The van der Waals surface area contributed by atoms with E-state index in [0.29, 0.717) is 22.5 Å². The molecule has 2 aromatic carbocycles. The van der Waals surface area contributed by atoms with E-state index in [9.17, 15) is 9.59 Å². The molecule has 0 bridgehead atoms. The summed E-state index contributed by atoms with van der Waals surface area (Å²) in [4.78, 5) is 30.7. The first-order chi connectivity index (χ1) is 12.5. The molecule has 0 saturated heterocycles. The number of imidazole rings is 1. The zero-order chi connectivity index (χ0) is 18.3. The van der Waals surface area contributed by atoms with Gasteiger partial charge in [-0.15, -0.1) is 0 Å². The van der Waals surface area contributed by atoms with E-state index < -0.39 is 6.09 Å². The number of benzene rings is 2. The molecular formula is C18H15N5O3. The minimum absolute atomic E-state index is 0.226. The molecule has 0 spiro atoms. The van der Waals surface area contributed by atoms with Crippen LogP contribution < -0.4 is 10.9 Å². The van der Waals surface area contributed by atoms with Gasteiger partial charge in [0, 0.05) is 10.9 Å². The molecule has 0 radical (unpaired) electrons. The van der Waals surface area contributed by atoms with Gasteiger partial charge in [0.2, 0.25) is 5.95 Å². The van der Waals surface area contributed by atoms with Crippen LogP contribution in [0.15, 0.2) is 41.2 Å². The van der Waals surface area contributed by atoms with Gasteiger partial charge < -0.3 is 9.72 Å². The summed E-state index contributed by atoms with van der Waals surface area (Å²) in [6.07, 6.45) is -0.604. The Balaban J connectivity index is 1.86. The summed E-state index contributed by atoms with van der Waals surface area (Å²) in [5.41, 5.74) is 3.71. The normalized spacial score (nSPS) is 11.0. The SMILES string of the molecule is COC(=O)Nc1nc2ccc(-c3n[nH]c(=O)c4ccc(C)cc34)cc2[nH]1. The van der Waals surface area contributed by atoms with Crippen LogP contribution in [0.1, 0.15) is 5.56 Å². The predicted molar refractivity (Wildman–Crippen MR) is 98.2 cm³/mol. The van der Waals surface area contributed by atoms with Gasteiger partial charge in [-0.2, -0.15) is 5.10 Å². The van der Waals surface area contributed by atoms with E-state index in [1.165, 1.54) is 7.11 Å². The molecule has 3 N–H and O–H groups in total. The number of nitrogens with zero attached hydrogens (tertiary/aromatic N) is 2. The average molecular weight is 349 g/mol. The molecule has 4 rings (SSSR count). The second-order valence-electron chi connectivity index (χ2n) is 5.88. The van der Waals surface area contributed by atoms with Crippen LogP contribution in [0.3, 0.4) is 0 Å². The van der Waals surface area contributed by atoms with Crippen molar-refractivity contribution in [1.82, 2.24) is 20.2 Å². The lowest BCUT2D eigenvalue weighted by molar-refractivity contribution is 0.186. The number of nitrogens with one attached hydrogen (secondary N) is 3. The number of fused-ring (bicyclic) bond motifs is 2. The Morgan fingerprint density at radius 3 is 2.81 bits per heavy atom. The fourth-order valence-electron chi connectivity index (χ4n) is 2.86. The van der Waals surface area contributed by atoms with Crippen molar-refractivity contribution >= 4 is 33.8 Å². The summed E-state index contributed by atoms with van der Waals surface area (Å²) in [5.74, 6) is 0.291. The van der Waals surface area contributed by atoms with E-state index in [-0.39, 0.29) is 5.56 Å². The van der Waals surface area contributed by atoms with Gasteiger partial charge >= 0.3 is 6.09 Å². The molecule has 0 aliphatic heterocycles. The summed E-state index contributed by atoms with van der Waals surface area (Å²) in [6.45, 7) is 1.97. The second kappa shape index (κ2) is 5.99. The van der Waals surface area contributed by atoms with Crippen molar-refractivity contribution < 1.29 is 9.53 Å². The third-order valence-electron chi connectivity index (χ3n) is 4.11. The van der Waals surface area contributed by atoms with Crippen LogP contribution in [0.25, 0.3) is 33.1 Å². The Morgan fingerprint density at radius 1 is 1.15 bits per heavy atom. The number of rotatable bonds is 2.